The van der Waals surface area contributed by atoms with Crippen LogP contribution in [0.3, 0.4) is 0 Å². The van der Waals surface area contributed by atoms with E-state index in [1.54, 1.807) is 12.4 Å². The van der Waals surface area contributed by atoms with Crippen LogP contribution in [0.5, 0.6) is 0 Å². The molecule has 0 fully saturated rings. The molecule has 0 aliphatic heterocycles. The van der Waals surface area contributed by atoms with E-state index in [-0.39, 0.29) is 5.91 Å². The van der Waals surface area contributed by atoms with E-state index in [2.05, 4.69) is 20.3 Å². The largest absolute Gasteiger partial charge is 0.385 e. The van der Waals surface area contributed by atoms with Gasteiger partial charge in [-0.3, -0.25) is 14.8 Å². The normalized spacial score (nSPS) is 12.9. The summed E-state index contributed by atoms with van der Waals surface area (Å²) >= 11 is 0. The molecule has 192 valence electrons. The van der Waals surface area contributed by atoms with E-state index < -0.39 is 12.1 Å². The van der Waals surface area contributed by atoms with Crippen LogP contribution in [0.4, 0.5) is 0 Å². The number of carbonyl (C=O) groups is 1. The number of para-hydroxylation sites is 2. The molecule has 39 heavy (non-hydrogen) atoms. The van der Waals surface area contributed by atoms with Crippen molar-refractivity contribution in [1.82, 2.24) is 25.3 Å². The summed E-state index contributed by atoms with van der Waals surface area (Å²) in [4.78, 5) is 30.6. The predicted octanol–water partition coefficient (Wildman–Crippen LogP) is 5.56. The van der Waals surface area contributed by atoms with Crippen LogP contribution in [0.2, 0.25) is 0 Å². The summed E-state index contributed by atoms with van der Waals surface area (Å²) in [6, 6.07) is 26.4. The van der Waals surface area contributed by atoms with Gasteiger partial charge in [-0.1, -0.05) is 66.7 Å². The molecule has 7 nitrogen and oxygen atoms in total. The highest BCUT2D eigenvalue weighted by Crippen LogP contribution is 2.30. The van der Waals surface area contributed by atoms with Gasteiger partial charge in [0.2, 0.25) is 0 Å². The van der Waals surface area contributed by atoms with Gasteiger partial charge in [0.05, 0.1) is 34.2 Å². The third-order valence-corrected chi connectivity index (χ3v) is 6.91. The Morgan fingerprint density at radius 2 is 1.72 bits per heavy atom. The Morgan fingerprint density at radius 1 is 0.949 bits per heavy atom. The molecule has 1 unspecified atom stereocenters. The van der Waals surface area contributed by atoms with Gasteiger partial charge in [0.25, 0.3) is 5.91 Å². The highest BCUT2D eigenvalue weighted by Gasteiger charge is 2.29. The van der Waals surface area contributed by atoms with E-state index in [0.717, 1.165) is 38.6 Å². The zero-order chi connectivity index (χ0) is 26.8. The van der Waals surface area contributed by atoms with Crippen LogP contribution in [0.25, 0.3) is 33.1 Å². The first-order valence-corrected chi connectivity index (χ1v) is 12.8. The molecule has 0 aliphatic rings. The van der Waals surface area contributed by atoms with Gasteiger partial charge in [-0.05, 0) is 37.1 Å². The van der Waals surface area contributed by atoms with Crippen LogP contribution in [0.15, 0.2) is 104 Å². The molecule has 3 heterocycles. The van der Waals surface area contributed by atoms with Crippen molar-refractivity contribution in [3.63, 3.8) is 0 Å². The first kappa shape index (κ1) is 24.5. The van der Waals surface area contributed by atoms with E-state index in [9.17, 15) is 9.90 Å². The zero-order valence-corrected chi connectivity index (χ0v) is 21.4. The van der Waals surface area contributed by atoms with Crippen molar-refractivity contribution in [2.45, 2.75) is 25.5 Å². The molecule has 7 heteroatoms. The summed E-state index contributed by atoms with van der Waals surface area (Å²) in [5, 5.41) is 16.8. The zero-order valence-electron chi connectivity index (χ0n) is 21.4. The number of aliphatic hydroxyl groups excluding tert-OH is 1. The van der Waals surface area contributed by atoms with Crippen LogP contribution in [0.1, 0.15) is 33.4 Å². The van der Waals surface area contributed by atoms with E-state index in [1.807, 2.05) is 98.0 Å². The van der Waals surface area contributed by atoms with Gasteiger partial charge in [-0.15, -0.1) is 0 Å². The topological polar surface area (TPSA) is 104 Å². The second-order valence-electron chi connectivity index (χ2n) is 9.62. The number of aromatic amines is 1. The molecule has 1 amide bonds. The lowest BCUT2D eigenvalue weighted by atomic mass is 9.95. The number of benzene rings is 3. The van der Waals surface area contributed by atoms with Gasteiger partial charge in [0.1, 0.15) is 6.10 Å². The first-order chi connectivity index (χ1) is 19.1. The number of nitrogens with one attached hydrogen (secondary N) is 2. The molecule has 6 aromatic rings. The molecule has 0 saturated carbocycles. The molecule has 0 bridgehead atoms. The number of pyridine rings is 1. The Balaban J connectivity index is 1.39. The Morgan fingerprint density at radius 3 is 2.59 bits per heavy atom. The number of fused-ring (bicyclic) bond motifs is 2. The van der Waals surface area contributed by atoms with Crippen molar-refractivity contribution in [2.24, 2.45) is 0 Å². The standard InChI is InChI=1S/C32H27N5O2/c1-20-17-35-30(29(36-20)21-9-3-2-4-10-21)31(38)28(16-23-18-34-27-14-8-6-12-25(23)27)37-32(39)24-15-22-11-5-7-13-26(22)33-19-24/h2-15,17-19,28,31,34,38H,16H2,1H3,(H,37,39)/t28-,31?/m0/s1. The molecular weight excluding hydrogens is 486 g/mol. The maximum Gasteiger partial charge on any atom is 0.253 e. The lowest BCUT2D eigenvalue weighted by Gasteiger charge is -2.25. The van der Waals surface area contributed by atoms with Gasteiger partial charge in [-0.2, -0.15) is 0 Å². The Hall–Kier alpha value is -4.88. The minimum Gasteiger partial charge on any atom is -0.385 e. The Bertz CT molecular complexity index is 1780. The molecule has 0 saturated heterocycles. The predicted molar refractivity (Wildman–Crippen MR) is 152 cm³/mol. The number of aromatic nitrogens is 4. The highest BCUT2D eigenvalue weighted by molar-refractivity contribution is 5.97. The summed E-state index contributed by atoms with van der Waals surface area (Å²) in [6.45, 7) is 1.87. The van der Waals surface area contributed by atoms with Crippen LogP contribution >= 0.6 is 0 Å². The van der Waals surface area contributed by atoms with E-state index in [0.29, 0.717) is 23.4 Å². The molecule has 3 aromatic heterocycles. The average molecular weight is 514 g/mol. The van der Waals surface area contributed by atoms with Crippen molar-refractivity contribution < 1.29 is 9.90 Å². The van der Waals surface area contributed by atoms with Crippen LogP contribution in [-0.4, -0.2) is 37.0 Å². The highest BCUT2D eigenvalue weighted by atomic mass is 16.3. The first-order valence-electron chi connectivity index (χ1n) is 12.8. The van der Waals surface area contributed by atoms with E-state index >= 15 is 0 Å². The van der Waals surface area contributed by atoms with E-state index in [1.165, 1.54) is 0 Å². The maximum absolute atomic E-state index is 13.5. The molecule has 2 atom stereocenters. The number of aryl methyl sites for hydroxylation is 1. The van der Waals surface area contributed by atoms with Crippen molar-refractivity contribution in [2.75, 3.05) is 0 Å². The molecule has 3 N–H and O–H groups in total. The van der Waals surface area contributed by atoms with Gasteiger partial charge >= 0.3 is 0 Å². The van der Waals surface area contributed by atoms with Gasteiger partial charge < -0.3 is 15.4 Å². The number of hydrogen-bond donors (Lipinski definition) is 3. The third-order valence-electron chi connectivity index (χ3n) is 6.91. The Labute approximate surface area is 225 Å². The van der Waals surface area contributed by atoms with Crippen molar-refractivity contribution >= 4 is 27.7 Å². The monoisotopic (exact) mass is 513 g/mol. The summed E-state index contributed by atoms with van der Waals surface area (Å²) in [5.74, 6) is -0.321. The Kier molecular flexibility index (Phi) is 6.57. The van der Waals surface area contributed by atoms with Gasteiger partial charge in [0, 0.05) is 40.4 Å². The van der Waals surface area contributed by atoms with E-state index in [4.69, 9.17) is 4.98 Å². The minimum atomic E-state index is -1.13. The maximum atomic E-state index is 13.5. The lowest BCUT2D eigenvalue weighted by molar-refractivity contribution is 0.0825. The van der Waals surface area contributed by atoms with Crippen molar-refractivity contribution in [1.29, 1.82) is 0 Å². The van der Waals surface area contributed by atoms with Crippen LogP contribution in [-0.2, 0) is 6.42 Å². The van der Waals surface area contributed by atoms with Crippen LogP contribution < -0.4 is 5.32 Å². The second kappa shape index (κ2) is 10.5. The smallest absolute Gasteiger partial charge is 0.253 e. The molecular formula is C32H27N5O2. The molecule has 3 aromatic carbocycles. The summed E-state index contributed by atoms with van der Waals surface area (Å²) < 4.78 is 0. The number of H-pyrrole nitrogens is 1. The fraction of sp³-hybridized carbons (Fsp3) is 0.125. The van der Waals surface area contributed by atoms with Gasteiger partial charge in [-0.25, -0.2) is 4.98 Å². The molecule has 6 rings (SSSR count). The average Bonchev–Trinajstić information content (AvgIpc) is 3.39. The summed E-state index contributed by atoms with van der Waals surface area (Å²) in [5.41, 5.74) is 5.79. The third kappa shape index (κ3) is 5.00. The van der Waals surface area contributed by atoms with Crippen molar-refractivity contribution in [3.8, 4) is 11.3 Å². The minimum absolute atomic E-state index is 0.321. The number of carbonyl (C=O) groups excluding carboxylic acids is 1. The van der Waals surface area contributed by atoms with Gasteiger partial charge in [0.15, 0.2) is 0 Å². The molecule has 0 spiro atoms. The fourth-order valence-corrected chi connectivity index (χ4v) is 4.93. The van der Waals surface area contributed by atoms with Crippen molar-refractivity contribution in [3.05, 3.63) is 126 Å². The quantitative estimate of drug-likeness (QED) is 0.259. The molecule has 0 aliphatic carbocycles. The summed E-state index contributed by atoms with van der Waals surface area (Å²) in [7, 11) is 0. The number of nitrogens with zero attached hydrogens (tertiary/aromatic N) is 3. The molecule has 0 radical (unpaired) electrons. The summed E-state index contributed by atoms with van der Waals surface area (Å²) in [6.07, 6.45) is 4.38. The SMILES string of the molecule is Cc1cnc(C(O)[C@H](Cc2c[nH]c3ccccc23)NC(=O)c2cnc3ccccc3c2)c(-c2ccccc2)n1. The van der Waals surface area contributed by atoms with Crippen LogP contribution in [0, 0.1) is 6.92 Å². The number of amides is 1. The lowest BCUT2D eigenvalue weighted by Crippen LogP contribution is -2.41. The second-order valence-corrected chi connectivity index (χ2v) is 9.62. The fourth-order valence-electron chi connectivity index (χ4n) is 4.93. The number of aliphatic hydroxyl groups is 1. The number of rotatable bonds is 7. The number of hydrogen-bond acceptors (Lipinski definition) is 5.